The molecule has 1 amide bonds. The van der Waals surface area contributed by atoms with Gasteiger partial charge in [-0.25, -0.2) is 9.78 Å². The van der Waals surface area contributed by atoms with Crippen LogP contribution in [0.1, 0.15) is 54.9 Å². The summed E-state index contributed by atoms with van der Waals surface area (Å²) in [6, 6.07) is 7.00. The highest BCUT2D eigenvalue weighted by atomic mass is 16.6. The van der Waals surface area contributed by atoms with E-state index in [1.54, 1.807) is 36.8 Å². The molecule has 2 aliphatic rings. The van der Waals surface area contributed by atoms with Crippen molar-refractivity contribution in [1.82, 2.24) is 14.9 Å². The van der Waals surface area contributed by atoms with Gasteiger partial charge in [0.1, 0.15) is 12.4 Å². The molecule has 0 bridgehead atoms. The van der Waals surface area contributed by atoms with E-state index in [4.69, 9.17) is 19.6 Å². The fourth-order valence-corrected chi connectivity index (χ4v) is 5.15. The second kappa shape index (κ2) is 9.56. The first-order valence-electron chi connectivity index (χ1n) is 12.3. The van der Waals surface area contributed by atoms with Crippen LogP contribution >= 0.6 is 0 Å². The van der Waals surface area contributed by atoms with Crippen molar-refractivity contribution in [3.8, 4) is 17.1 Å². The monoisotopic (exact) mass is 521 g/mol. The van der Waals surface area contributed by atoms with Crippen molar-refractivity contribution in [2.24, 2.45) is 0 Å². The summed E-state index contributed by atoms with van der Waals surface area (Å²) in [4.78, 5) is 54.0. The second-order valence-electron chi connectivity index (χ2n) is 9.43. The lowest BCUT2D eigenvalue weighted by molar-refractivity contribution is -0.172. The number of carbonyl (C=O) groups is 3. The summed E-state index contributed by atoms with van der Waals surface area (Å²) in [7, 11) is 1.55. The first kappa shape index (κ1) is 25.4. The van der Waals surface area contributed by atoms with E-state index in [1.807, 2.05) is 6.07 Å². The van der Waals surface area contributed by atoms with Crippen molar-refractivity contribution < 1.29 is 34.1 Å². The molecule has 2 aromatic heterocycles. The predicted molar refractivity (Wildman–Crippen MR) is 134 cm³/mol. The van der Waals surface area contributed by atoms with Crippen molar-refractivity contribution >= 4 is 28.7 Å². The summed E-state index contributed by atoms with van der Waals surface area (Å²) in [5, 5.41) is 23.5. The van der Waals surface area contributed by atoms with E-state index in [0.29, 0.717) is 22.7 Å². The largest absolute Gasteiger partial charge is 0.497 e. The highest BCUT2D eigenvalue weighted by Crippen LogP contribution is 2.40. The summed E-state index contributed by atoms with van der Waals surface area (Å²) in [5.41, 5.74) is 1.23. The van der Waals surface area contributed by atoms with Crippen LogP contribution in [-0.2, 0) is 44.4 Å². The molecule has 11 heteroatoms. The van der Waals surface area contributed by atoms with Crippen LogP contribution in [0.15, 0.2) is 29.1 Å². The molecule has 4 heterocycles. The highest BCUT2D eigenvalue weighted by Gasteiger charge is 2.45. The number of nitrogens with one attached hydrogen (secondary N) is 1. The zero-order chi connectivity index (χ0) is 27.2. The van der Waals surface area contributed by atoms with Gasteiger partial charge in [0.2, 0.25) is 5.91 Å². The van der Waals surface area contributed by atoms with E-state index in [2.05, 4.69) is 5.32 Å². The van der Waals surface area contributed by atoms with Gasteiger partial charge in [-0.3, -0.25) is 14.4 Å². The predicted octanol–water partition coefficient (Wildman–Crippen LogP) is 1.96. The molecule has 3 aromatic rings. The molecule has 0 saturated carbocycles. The van der Waals surface area contributed by atoms with Crippen LogP contribution in [0.2, 0.25) is 0 Å². The molecule has 0 saturated heterocycles. The maximum atomic E-state index is 13.5. The van der Waals surface area contributed by atoms with Gasteiger partial charge in [-0.2, -0.15) is 0 Å². The summed E-state index contributed by atoms with van der Waals surface area (Å²) < 4.78 is 12.1. The zero-order valence-electron chi connectivity index (χ0n) is 21.0. The minimum Gasteiger partial charge on any atom is -0.497 e. The molecule has 0 fully saturated rings. The first-order chi connectivity index (χ1) is 18.2. The third kappa shape index (κ3) is 4.08. The van der Waals surface area contributed by atoms with E-state index in [9.17, 15) is 24.3 Å². The molecular weight excluding hydrogens is 494 g/mol. The second-order valence-corrected chi connectivity index (χ2v) is 9.43. The van der Waals surface area contributed by atoms with Crippen LogP contribution in [-0.4, -0.2) is 44.7 Å². The molecule has 38 heavy (non-hydrogen) atoms. The Morgan fingerprint density at radius 1 is 1.21 bits per heavy atom. The Labute approximate surface area is 217 Å². The fraction of sp³-hybridized carbons (Fsp3) is 0.370. The SMILES string of the molecule is CC[C@@]1(O)C(=O)OCc2c1cc1n(c2=O)Cc2c-1nc1ccc(OC)cc1c2CNC(=O)CCCC(=O)O. The first-order valence-corrected chi connectivity index (χ1v) is 12.3. The number of aliphatic hydroxyl groups is 1. The summed E-state index contributed by atoms with van der Waals surface area (Å²) in [5.74, 6) is -1.45. The van der Waals surface area contributed by atoms with Crippen molar-refractivity contribution in [1.29, 1.82) is 0 Å². The Balaban J connectivity index is 1.62. The topological polar surface area (TPSA) is 157 Å². The molecule has 5 rings (SSSR count). The summed E-state index contributed by atoms with van der Waals surface area (Å²) in [6.07, 6.45) is 0.227. The number of hydrogen-bond acceptors (Lipinski definition) is 8. The van der Waals surface area contributed by atoms with Crippen LogP contribution in [0.3, 0.4) is 0 Å². The van der Waals surface area contributed by atoms with Gasteiger partial charge in [0.05, 0.1) is 36.1 Å². The number of carboxylic acid groups (broad SMARTS) is 1. The Bertz CT molecular complexity index is 1560. The van der Waals surface area contributed by atoms with E-state index in [-0.39, 0.29) is 68.0 Å². The normalized spacial score (nSPS) is 17.4. The lowest BCUT2D eigenvalue weighted by Crippen LogP contribution is -2.44. The molecular formula is C27H27N3O8. The Morgan fingerprint density at radius 3 is 2.71 bits per heavy atom. The minimum atomic E-state index is -1.93. The van der Waals surface area contributed by atoms with Crippen molar-refractivity contribution in [2.75, 3.05) is 7.11 Å². The number of ether oxygens (including phenoxy) is 2. The number of aromatic nitrogens is 2. The van der Waals surface area contributed by atoms with Gasteiger partial charge in [-0.15, -0.1) is 0 Å². The lowest BCUT2D eigenvalue weighted by Gasteiger charge is -2.31. The number of aliphatic carboxylic acids is 1. The van der Waals surface area contributed by atoms with E-state index >= 15 is 0 Å². The molecule has 0 aliphatic carbocycles. The van der Waals surface area contributed by atoms with Crippen LogP contribution in [0.5, 0.6) is 5.75 Å². The van der Waals surface area contributed by atoms with Crippen molar-refractivity contribution in [3.63, 3.8) is 0 Å². The van der Waals surface area contributed by atoms with E-state index in [0.717, 1.165) is 16.5 Å². The molecule has 0 radical (unpaired) electrons. The number of cyclic esters (lactones) is 1. The molecule has 1 atom stereocenters. The molecule has 0 spiro atoms. The zero-order valence-corrected chi connectivity index (χ0v) is 21.0. The van der Waals surface area contributed by atoms with Gasteiger partial charge in [-0.1, -0.05) is 6.92 Å². The number of carboxylic acids is 1. The smallest absolute Gasteiger partial charge is 0.343 e. The Morgan fingerprint density at radius 2 is 2.00 bits per heavy atom. The van der Waals surface area contributed by atoms with Gasteiger partial charge in [0, 0.05) is 35.9 Å². The van der Waals surface area contributed by atoms with Crippen LogP contribution < -0.4 is 15.6 Å². The lowest BCUT2D eigenvalue weighted by atomic mass is 9.86. The van der Waals surface area contributed by atoms with Crippen LogP contribution in [0.4, 0.5) is 0 Å². The minimum absolute atomic E-state index is 0.0404. The van der Waals surface area contributed by atoms with Gasteiger partial charge >= 0.3 is 11.9 Å². The Kier molecular flexibility index (Phi) is 6.39. The standard InChI is InChI=1S/C27H27N3O8/c1-3-27(36)19-10-21-24-17(12-30(21)25(34)18(19)13-38-26(27)35)16(11-28-22(31)5-4-6-23(32)33)15-9-14(37-2)7-8-20(15)29-24/h7-10,36H,3-6,11-13H2,1-2H3,(H,28,31)(H,32,33)/t27-/m0/s1. The maximum absolute atomic E-state index is 13.5. The molecule has 11 nitrogen and oxygen atoms in total. The molecule has 3 N–H and O–H groups in total. The molecule has 2 aliphatic heterocycles. The molecule has 1 aromatic carbocycles. The maximum Gasteiger partial charge on any atom is 0.343 e. The van der Waals surface area contributed by atoms with Gasteiger partial charge in [0.15, 0.2) is 5.60 Å². The van der Waals surface area contributed by atoms with Gasteiger partial charge in [0.25, 0.3) is 5.56 Å². The fourth-order valence-electron chi connectivity index (χ4n) is 5.15. The average molecular weight is 522 g/mol. The molecule has 198 valence electrons. The average Bonchev–Trinajstić information content (AvgIpc) is 3.27. The number of esters is 1. The van der Waals surface area contributed by atoms with Crippen LogP contribution in [0.25, 0.3) is 22.3 Å². The number of pyridine rings is 2. The number of benzene rings is 1. The highest BCUT2D eigenvalue weighted by molar-refractivity contribution is 5.90. The number of methoxy groups -OCH3 is 1. The van der Waals surface area contributed by atoms with Gasteiger partial charge < -0.3 is 29.6 Å². The number of hydrogen-bond donors (Lipinski definition) is 3. The van der Waals surface area contributed by atoms with E-state index < -0.39 is 17.5 Å². The third-order valence-electron chi connectivity index (χ3n) is 7.27. The number of amides is 1. The number of fused-ring (bicyclic) bond motifs is 5. The summed E-state index contributed by atoms with van der Waals surface area (Å²) in [6.45, 7) is 1.73. The van der Waals surface area contributed by atoms with E-state index in [1.165, 1.54) is 0 Å². The number of rotatable bonds is 8. The van der Waals surface area contributed by atoms with Crippen molar-refractivity contribution in [2.45, 2.75) is 57.9 Å². The Hall–Kier alpha value is -4.25. The van der Waals surface area contributed by atoms with Crippen molar-refractivity contribution in [3.05, 3.63) is 56.9 Å². The van der Waals surface area contributed by atoms with Gasteiger partial charge in [-0.05, 0) is 42.7 Å². The third-order valence-corrected chi connectivity index (χ3v) is 7.27. The van der Waals surface area contributed by atoms with Crippen LogP contribution in [0, 0.1) is 0 Å². The number of carbonyl (C=O) groups excluding carboxylic acids is 2. The number of nitrogens with zero attached hydrogens (tertiary/aromatic N) is 2. The quantitative estimate of drug-likeness (QED) is 0.295. The summed E-state index contributed by atoms with van der Waals surface area (Å²) >= 11 is 0. The molecule has 0 unspecified atom stereocenters.